The first kappa shape index (κ1) is 4.94. The lowest BCUT2D eigenvalue weighted by atomic mass is 10.3. The number of aromatic nitrogens is 1. The second-order valence-electron chi connectivity index (χ2n) is 1.71. The van der Waals surface area contributed by atoms with Crippen LogP contribution >= 0.6 is 11.3 Å². The maximum Gasteiger partial charge on any atom is 0.0904 e. The third kappa shape index (κ3) is 0.715. The highest BCUT2D eigenvalue weighted by molar-refractivity contribution is 7.08. The maximum absolute atomic E-state index is 4.06. The molecule has 0 unspecified atom stereocenters. The highest BCUT2D eigenvalue weighted by atomic mass is 32.1. The van der Waals surface area contributed by atoms with Crippen LogP contribution in [0.1, 0.15) is 0 Å². The van der Waals surface area contributed by atoms with Crippen LogP contribution in [-0.2, 0) is 0 Å². The average molecular weight is 133 g/mol. The van der Waals surface area contributed by atoms with Crippen LogP contribution in [0.3, 0.4) is 0 Å². The van der Waals surface area contributed by atoms with E-state index in [2.05, 4.69) is 15.7 Å². The molecule has 1 nitrogen and oxygen atoms in total. The number of fused-ring (bicyclic) bond motifs is 1. The molecule has 0 saturated carbocycles. The standard InChI is InChI=1S/C7H3NS/c1-2-6-4-9-5-7(6)8-3-1/h1-3H. The molecule has 0 fully saturated rings. The summed E-state index contributed by atoms with van der Waals surface area (Å²) >= 11 is 1.44. The molecule has 0 atom stereocenters. The topological polar surface area (TPSA) is 12.9 Å². The third-order valence-electron chi connectivity index (χ3n) is 1.12. The highest BCUT2D eigenvalue weighted by Crippen LogP contribution is 2.12. The fraction of sp³-hybridized carbons (Fsp3) is 0. The first-order chi connectivity index (χ1) is 4.47. The smallest absolute Gasteiger partial charge is 0.0904 e. The Labute approximate surface area is 57.0 Å². The van der Waals surface area contributed by atoms with Gasteiger partial charge < -0.3 is 0 Å². The Bertz CT molecular complexity index is 283. The highest BCUT2D eigenvalue weighted by Gasteiger charge is 1.91. The van der Waals surface area contributed by atoms with E-state index in [1.807, 2.05) is 12.1 Å². The molecule has 2 rings (SSSR count). The van der Waals surface area contributed by atoms with Gasteiger partial charge in [0.05, 0.1) is 16.3 Å². The lowest BCUT2D eigenvalue weighted by molar-refractivity contribution is 1.43. The van der Waals surface area contributed by atoms with Crippen LogP contribution in [0.25, 0.3) is 10.9 Å². The molecule has 0 aliphatic rings. The minimum atomic E-state index is 0.919. The van der Waals surface area contributed by atoms with Crippen molar-refractivity contribution in [2.24, 2.45) is 0 Å². The molecule has 2 aromatic heterocycles. The van der Waals surface area contributed by atoms with E-state index in [0.717, 1.165) is 10.9 Å². The number of pyridine rings is 1. The number of hydrogen-bond donors (Lipinski definition) is 0. The predicted molar refractivity (Wildman–Crippen MR) is 37.3 cm³/mol. The summed E-state index contributed by atoms with van der Waals surface area (Å²) in [6.45, 7) is 0. The molecular formula is C7H3NS. The second-order valence-corrected chi connectivity index (χ2v) is 2.32. The van der Waals surface area contributed by atoms with Crippen molar-refractivity contribution in [2.45, 2.75) is 0 Å². The number of hydrogen-bond acceptors (Lipinski definition) is 2. The molecule has 0 bridgehead atoms. The molecule has 0 aliphatic heterocycles. The van der Waals surface area contributed by atoms with Crippen molar-refractivity contribution in [3.8, 4) is 0 Å². The van der Waals surface area contributed by atoms with Gasteiger partial charge >= 0.3 is 0 Å². The average Bonchev–Trinajstić information content (AvgIpc) is 2.33. The molecule has 2 aromatic rings. The number of nitrogens with zero attached hydrogens (tertiary/aromatic N) is 1. The van der Waals surface area contributed by atoms with Crippen LogP contribution < -0.4 is 0 Å². The Balaban J connectivity index is 2.95. The molecule has 0 N–H and O–H groups in total. The first-order valence-electron chi connectivity index (χ1n) is 2.60. The maximum atomic E-state index is 4.06. The van der Waals surface area contributed by atoms with Crippen molar-refractivity contribution >= 4 is 22.2 Å². The number of thiophene rings is 1. The zero-order valence-electron chi connectivity index (χ0n) is 4.59. The van der Waals surface area contributed by atoms with Crippen molar-refractivity contribution in [2.75, 3.05) is 0 Å². The molecule has 2 radical (unpaired) electrons. The Hall–Kier alpha value is -0.890. The van der Waals surface area contributed by atoms with E-state index >= 15 is 0 Å². The normalized spacial score (nSPS) is 10.2. The van der Waals surface area contributed by atoms with E-state index in [1.165, 1.54) is 11.3 Å². The lowest BCUT2D eigenvalue weighted by Gasteiger charge is -1.80. The van der Waals surface area contributed by atoms with Crippen molar-refractivity contribution in [3.05, 3.63) is 29.1 Å². The van der Waals surface area contributed by atoms with E-state index in [4.69, 9.17) is 0 Å². The van der Waals surface area contributed by atoms with Gasteiger partial charge in [-0.05, 0) is 12.1 Å². The van der Waals surface area contributed by atoms with Gasteiger partial charge in [-0.15, -0.1) is 11.3 Å². The van der Waals surface area contributed by atoms with Crippen molar-refractivity contribution in [1.82, 2.24) is 4.98 Å². The van der Waals surface area contributed by atoms with Gasteiger partial charge in [-0.2, -0.15) is 0 Å². The lowest BCUT2D eigenvalue weighted by Crippen LogP contribution is -1.67. The predicted octanol–water partition coefficient (Wildman–Crippen LogP) is 1.90. The van der Waals surface area contributed by atoms with Crippen LogP contribution in [0.5, 0.6) is 0 Å². The summed E-state index contributed by atoms with van der Waals surface area (Å²) in [5, 5.41) is 7.10. The first-order valence-corrected chi connectivity index (χ1v) is 3.41. The van der Waals surface area contributed by atoms with Gasteiger partial charge in [-0.1, -0.05) is 0 Å². The van der Waals surface area contributed by atoms with E-state index in [9.17, 15) is 0 Å². The van der Waals surface area contributed by atoms with E-state index in [0.29, 0.717) is 0 Å². The molecule has 0 aromatic carbocycles. The van der Waals surface area contributed by atoms with Gasteiger partial charge in [-0.25, -0.2) is 0 Å². The molecule has 0 spiro atoms. The summed E-state index contributed by atoms with van der Waals surface area (Å²) in [6.07, 6.45) is 1.76. The fourth-order valence-corrected chi connectivity index (χ4v) is 1.28. The minimum Gasteiger partial charge on any atom is -0.255 e. The van der Waals surface area contributed by atoms with Crippen LogP contribution in [0.15, 0.2) is 18.3 Å². The zero-order chi connectivity index (χ0) is 6.10. The van der Waals surface area contributed by atoms with E-state index in [1.54, 1.807) is 6.20 Å². The van der Waals surface area contributed by atoms with E-state index < -0.39 is 0 Å². The Kier molecular flexibility index (Phi) is 0.993. The summed E-state index contributed by atoms with van der Waals surface area (Å²) in [4.78, 5) is 4.06. The summed E-state index contributed by atoms with van der Waals surface area (Å²) in [5.74, 6) is 0. The summed E-state index contributed by atoms with van der Waals surface area (Å²) in [5.41, 5.74) is 0.919. The van der Waals surface area contributed by atoms with E-state index in [-0.39, 0.29) is 0 Å². The van der Waals surface area contributed by atoms with Crippen molar-refractivity contribution in [3.63, 3.8) is 0 Å². The molecule has 42 valence electrons. The van der Waals surface area contributed by atoms with Gasteiger partial charge in [0.15, 0.2) is 0 Å². The summed E-state index contributed by atoms with van der Waals surface area (Å²) in [7, 11) is 0. The second kappa shape index (κ2) is 1.81. The SMILES string of the molecule is [c]1s[c]c2ncccc12. The van der Waals surface area contributed by atoms with Gasteiger partial charge in [-0.3, -0.25) is 4.98 Å². The molecule has 9 heavy (non-hydrogen) atoms. The Morgan fingerprint density at radius 3 is 3.33 bits per heavy atom. The van der Waals surface area contributed by atoms with Crippen molar-refractivity contribution in [1.29, 1.82) is 0 Å². The van der Waals surface area contributed by atoms with Crippen LogP contribution in [0.2, 0.25) is 0 Å². The molecule has 2 heteroatoms. The Morgan fingerprint density at radius 2 is 2.44 bits per heavy atom. The number of rotatable bonds is 0. The van der Waals surface area contributed by atoms with Crippen LogP contribution in [-0.4, -0.2) is 4.98 Å². The monoisotopic (exact) mass is 133 g/mol. The Morgan fingerprint density at radius 1 is 1.44 bits per heavy atom. The molecule has 0 saturated heterocycles. The summed E-state index contributed by atoms with van der Waals surface area (Å²) < 4.78 is 0. The molecule has 2 heterocycles. The zero-order valence-corrected chi connectivity index (χ0v) is 5.40. The van der Waals surface area contributed by atoms with Crippen LogP contribution in [0, 0.1) is 10.8 Å². The largest absolute Gasteiger partial charge is 0.255 e. The molecule has 0 aliphatic carbocycles. The quantitative estimate of drug-likeness (QED) is 0.534. The van der Waals surface area contributed by atoms with Gasteiger partial charge in [0.2, 0.25) is 0 Å². The molecular weight excluding hydrogens is 130 g/mol. The third-order valence-corrected chi connectivity index (χ3v) is 1.73. The fourth-order valence-electron chi connectivity index (χ4n) is 0.698. The van der Waals surface area contributed by atoms with Gasteiger partial charge in [0.1, 0.15) is 0 Å². The van der Waals surface area contributed by atoms with Gasteiger partial charge in [0, 0.05) is 11.6 Å². The molecule has 0 amide bonds. The van der Waals surface area contributed by atoms with Gasteiger partial charge in [0.25, 0.3) is 0 Å². The van der Waals surface area contributed by atoms with Crippen LogP contribution in [0.4, 0.5) is 0 Å². The van der Waals surface area contributed by atoms with Crippen molar-refractivity contribution < 1.29 is 0 Å². The minimum absolute atomic E-state index is 0.919. The summed E-state index contributed by atoms with van der Waals surface area (Å²) in [6, 6.07) is 3.88.